The van der Waals surface area contributed by atoms with Crippen LogP contribution in [0, 0.1) is 11.3 Å². The van der Waals surface area contributed by atoms with Gasteiger partial charge in [-0.2, -0.15) is 5.26 Å². The fourth-order valence-corrected chi connectivity index (χ4v) is 1.39. The summed E-state index contributed by atoms with van der Waals surface area (Å²) >= 11 is 0. The number of carbonyl (C=O) groups excluding carboxylic acids is 1. The molecule has 4 nitrogen and oxygen atoms in total. The van der Waals surface area contributed by atoms with Gasteiger partial charge in [0.15, 0.2) is 5.78 Å². The molecule has 0 unspecified atom stereocenters. The van der Waals surface area contributed by atoms with E-state index in [1.165, 1.54) is 6.92 Å². The number of rotatable bonds is 6. The lowest BCUT2D eigenvalue weighted by molar-refractivity contribution is 0.101. The normalized spacial score (nSPS) is 9.71. The van der Waals surface area contributed by atoms with Gasteiger partial charge in [0.1, 0.15) is 5.75 Å². The third-order valence-electron chi connectivity index (χ3n) is 2.24. The molecular formula is C13H15NO3. The molecule has 1 rings (SSSR count). The Morgan fingerprint density at radius 1 is 1.41 bits per heavy atom. The van der Waals surface area contributed by atoms with E-state index in [0.717, 1.165) is 6.42 Å². The number of hydrogen-bond donors (Lipinski definition) is 0. The van der Waals surface area contributed by atoms with Gasteiger partial charge in [-0.05, 0) is 25.1 Å². The second-order valence-corrected chi connectivity index (χ2v) is 3.57. The highest BCUT2D eigenvalue weighted by Crippen LogP contribution is 2.21. The molecule has 4 heteroatoms. The Balaban J connectivity index is 2.79. The third kappa shape index (κ3) is 3.89. The van der Waals surface area contributed by atoms with Crippen molar-refractivity contribution in [3.8, 4) is 11.8 Å². The smallest absolute Gasteiger partial charge is 0.163 e. The number of nitrogens with zero attached hydrogens (tertiary/aromatic N) is 1. The molecule has 0 heterocycles. The van der Waals surface area contributed by atoms with Crippen LogP contribution >= 0.6 is 0 Å². The zero-order valence-electron chi connectivity index (χ0n) is 10.0. The zero-order valence-corrected chi connectivity index (χ0v) is 10.0. The van der Waals surface area contributed by atoms with Crippen LogP contribution in [0.15, 0.2) is 18.2 Å². The lowest BCUT2D eigenvalue weighted by Crippen LogP contribution is -2.05. The topological polar surface area (TPSA) is 59.3 Å². The second kappa shape index (κ2) is 6.66. The van der Waals surface area contributed by atoms with Gasteiger partial charge in [0, 0.05) is 20.1 Å². The van der Waals surface area contributed by atoms with Crippen LogP contribution in [0.1, 0.15) is 29.3 Å². The number of hydrogen-bond acceptors (Lipinski definition) is 4. The van der Waals surface area contributed by atoms with Gasteiger partial charge in [0.05, 0.1) is 23.8 Å². The zero-order chi connectivity index (χ0) is 12.7. The number of ketones is 1. The van der Waals surface area contributed by atoms with Crippen molar-refractivity contribution in [2.45, 2.75) is 13.3 Å². The van der Waals surface area contributed by atoms with Crippen LogP contribution in [0.25, 0.3) is 0 Å². The minimum Gasteiger partial charge on any atom is -0.493 e. The Labute approximate surface area is 101 Å². The molecular weight excluding hydrogens is 218 g/mol. The monoisotopic (exact) mass is 233 g/mol. The molecule has 0 fully saturated rings. The van der Waals surface area contributed by atoms with Gasteiger partial charge in [0.25, 0.3) is 0 Å². The number of ether oxygens (including phenoxy) is 2. The fourth-order valence-electron chi connectivity index (χ4n) is 1.39. The molecule has 0 saturated heterocycles. The van der Waals surface area contributed by atoms with Crippen molar-refractivity contribution in [3.63, 3.8) is 0 Å². The molecule has 0 saturated carbocycles. The summed E-state index contributed by atoms with van der Waals surface area (Å²) in [6.45, 7) is 2.54. The summed E-state index contributed by atoms with van der Waals surface area (Å²) in [5.41, 5.74) is 0.984. The van der Waals surface area contributed by atoms with E-state index in [1.54, 1.807) is 25.3 Å². The van der Waals surface area contributed by atoms with Gasteiger partial charge in [-0.1, -0.05) is 0 Å². The highest BCUT2D eigenvalue weighted by atomic mass is 16.5. The number of nitriles is 1. The summed E-state index contributed by atoms with van der Waals surface area (Å²) in [5, 5.41) is 8.79. The highest BCUT2D eigenvalue weighted by Gasteiger charge is 2.09. The van der Waals surface area contributed by atoms with Crippen LogP contribution in [0.2, 0.25) is 0 Å². The Kier molecular flexibility index (Phi) is 5.18. The predicted molar refractivity (Wildman–Crippen MR) is 63.1 cm³/mol. The summed E-state index contributed by atoms with van der Waals surface area (Å²) in [6, 6.07) is 6.83. The van der Waals surface area contributed by atoms with Crippen molar-refractivity contribution in [1.29, 1.82) is 5.26 Å². The minimum absolute atomic E-state index is 0.0729. The van der Waals surface area contributed by atoms with Gasteiger partial charge < -0.3 is 9.47 Å². The summed E-state index contributed by atoms with van der Waals surface area (Å²) in [4.78, 5) is 11.4. The molecule has 1 aromatic rings. The Bertz CT molecular complexity index is 435. The molecule has 1 aromatic carbocycles. The summed E-state index contributed by atoms with van der Waals surface area (Å²) in [5.74, 6) is 0.392. The maximum absolute atomic E-state index is 11.4. The van der Waals surface area contributed by atoms with Gasteiger partial charge in [0.2, 0.25) is 0 Å². The fraction of sp³-hybridized carbons (Fsp3) is 0.385. The predicted octanol–water partition coefficient (Wildman–Crippen LogP) is 2.18. The molecule has 0 aliphatic heterocycles. The van der Waals surface area contributed by atoms with E-state index < -0.39 is 0 Å². The van der Waals surface area contributed by atoms with Crippen molar-refractivity contribution in [1.82, 2.24) is 0 Å². The maximum atomic E-state index is 11.4. The number of methoxy groups -OCH3 is 1. The maximum Gasteiger partial charge on any atom is 0.163 e. The molecule has 0 radical (unpaired) electrons. The van der Waals surface area contributed by atoms with Crippen LogP contribution in [-0.4, -0.2) is 26.1 Å². The molecule has 0 aromatic heterocycles. The Hall–Kier alpha value is -1.86. The molecule has 0 atom stereocenters. The molecule has 0 bridgehead atoms. The first-order chi connectivity index (χ1) is 8.19. The Morgan fingerprint density at radius 2 is 2.18 bits per heavy atom. The van der Waals surface area contributed by atoms with Gasteiger partial charge in [-0.3, -0.25) is 4.79 Å². The summed E-state index contributed by atoms with van der Waals surface area (Å²) in [6.07, 6.45) is 0.741. The van der Waals surface area contributed by atoms with E-state index in [2.05, 4.69) is 0 Å². The van der Waals surface area contributed by atoms with E-state index in [1.807, 2.05) is 6.07 Å². The standard InChI is InChI=1S/C13H15NO3/c1-10(15)12-5-4-11(9-14)8-13(12)17-7-3-6-16-2/h4-5,8H,3,6-7H2,1-2H3. The largest absolute Gasteiger partial charge is 0.493 e. The van der Waals surface area contributed by atoms with Crippen LogP contribution < -0.4 is 4.74 Å². The highest BCUT2D eigenvalue weighted by molar-refractivity contribution is 5.97. The Morgan fingerprint density at radius 3 is 2.76 bits per heavy atom. The number of Topliss-reactive ketones (excluding diaryl/α,β-unsaturated/α-hetero) is 1. The quantitative estimate of drug-likeness (QED) is 0.558. The molecule has 0 spiro atoms. The molecule has 0 aliphatic rings. The van der Waals surface area contributed by atoms with Gasteiger partial charge in [-0.15, -0.1) is 0 Å². The first-order valence-corrected chi connectivity index (χ1v) is 5.36. The molecule has 0 N–H and O–H groups in total. The number of benzene rings is 1. The van der Waals surface area contributed by atoms with E-state index in [-0.39, 0.29) is 5.78 Å². The van der Waals surface area contributed by atoms with Crippen molar-refractivity contribution in [3.05, 3.63) is 29.3 Å². The SMILES string of the molecule is COCCCOc1cc(C#N)ccc1C(C)=O. The summed E-state index contributed by atoms with van der Waals surface area (Å²) < 4.78 is 10.4. The average Bonchev–Trinajstić information content (AvgIpc) is 2.34. The van der Waals surface area contributed by atoms with Crippen molar-refractivity contribution < 1.29 is 14.3 Å². The van der Waals surface area contributed by atoms with Crippen LogP contribution in [-0.2, 0) is 4.74 Å². The summed E-state index contributed by atoms with van der Waals surface area (Å²) in [7, 11) is 1.62. The van der Waals surface area contributed by atoms with E-state index >= 15 is 0 Å². The van der Waals surface area contributed by atoms with E-state index in [9.17, 15) is 4.79 Å². The van der Waals surface area contributed by atoms with Gasteiger partial charge in [-0.25, -0.2) is 0 Å². The van der Waals surface area contributed by atoms with E-state index in [4.69, 9.17) is 14.7 Å². The van der Waals surface area contributed by atoms with Gasteiger partial charge >= 0.3 is 0 Å². The lowest BCUT2D eigenvalue weighted by Gasteiger charge is -2.09. The van der Waals surface area contributed by atoms with Crippen LogP contribution in [0.5, 0.6) is 5.75 Å². The first-order valence-electron chi connectivity index (χ1n) is 5.36. The van der Waals surface area contributed by atoms with Crippen LogP contribution in [0.4, 0.5) is 0 Å². The van der Waals surface area contributed by atoms with Crippen molar-refractivity contribution >= 4 is 5.78 Å². The average molecular weight is 233 g/mol. The number of carbonyl (C=O) groups is 1. The van der Waals surface area contributed by atoms with Crippen LogP contribution in [0.3, 0.4) is 0 Å². The first kappa shape index (κ1) is 13.2. The second-order valence-electron chi connectivity index (χ2n) is 3.57. The molecule has 90 valence electrons. The third-order valence-corrected chi connectivity index (χ3v) is 2.24. The molecule has 0 aliphatic carbocycles. The van der Waals surface area contributed by atoms with Crippen molar-refractivity contribution in [2.75, 3.05) is 20.3 Å². The molecule has 0 amide bonds. The lowest BCUT2D eigenvalue weighted by atomic mass is 10.1. The molecule has 17 heavy (non-hydrogen) atoms. The van der Waals surface area contributed by atoms with E-state index in [0.29, 0.717) is 30.1 Å². The van der Waals surface area contributed by atoms with Crippen molar-refractivity contribution in [2.24, 2.45) is 0 Å². The minimum atomic E-state index is -0.0729.